The number of aromatic nitrogens is 3. The molecule has 1 saturated heterocycles. The maximum absolute atomic E-state index is 14.5. The number of piperidine rings is 1. The lowest BCUT2D eigenvalue weighted by Gasteiger charge is -2.41. The first-order valence-electron chi connectivity index (χ1n) is 17.1. The van der Waals surface area contributed by atoms with E-state index in [1.807, 2.05) is 17.7 Å². The highest BCUT2D eigenvalue weighted by Gasteiger charge is 2.46. The molecule has 5 N–H and O–H groups in total. The van der Waals surface area contributed by atoms with Gasteiger partial charge in [0.25, 0.3) is 11.8 Å². The maximum atomic E-state index is 14.5. The summed E-state index contributed by atoms with van der Waals surface area (Å²) >= 11 is 0. The molecule has 7 rings (SSSR count). The summed E-state index contributed by atoms with van der Waals surface area (Å²) in [6.07, 6.45) is 5.33. The average Bonchev–Trinajstić information content (AvgIpc) is 3.75. The van der Waals surface area contributed by atoms with Crippen molar-refractivity contribution in [1.29, 1.82) is 0 Å². The Morgan fingerprint density at radius 2 is 1.60 bits per heavy atom. The number of aliphatic hydroxyl groups is 1. The molecule has 5 heterocycles. The van der Waals surface area contributed by atoms with Gasteiger partial charge in [-0.2, -0.15) is 5.10 Å². The monoisotopic (exact) mass is 714 g/mol. The fourth-order valence-corrected chi connectivity index (χ4v) is 6.34. The third-order valence-electron chi connectivity index (χ3n) is 9.32. The van der Waals surface area contributed by atoms with Gasteiger partial charge in [0, 0.05) is 51.8 Å². The topological polar surface area (TPSA) is 198 Å². The summed E-state index contributed by atoms with van der Waals surface area (Å²) in [6.45, 7) is 1.33. The standard InChI is InChI=1S/C36H42N8O8/c1-23-30(46)37-14-19-51-25-8-10-26(11-9-25)52-36(12-15-43(16-13-36)34(49)27-21-38-44-18-17-42(2)33(27)44)35(50)41-28(20-24-6-4-3-5-7-24)31(47)40-29(22-45)32(48)39-23/h3-11,17-18,21,23,28-29,45H,12-16,19-20,22H2,1-2H3,(H,37,46)(H,39,48)(H,40,47)(H,41,50)/t23-,28+,29-/m0/s1. The van der Waals surface area contributed by atoms with E-state index in [0.29, 0.717) is 22.7 Å². The van der Waals surface area contributed by atoms with Gasteiger partial charge in [-0.25, -0.2) is 4.52 Å². The normalized spacial score (nSPS) is 21.8. The minimum Gasteiger partial charge on any atom is -0.492 e. The maximum Gasteiger partial charge on any atom is 0.265 e. The summed E-state index contributed by atoms with van der Waals surface area (Å²) in [5.74, 6) is -1.95. The Bertz CT molecular complexity index is 1920. The third kappa shape index (κ3) is 7.86. The van der Waals surface area contributed by atoms with Gasteiger partial charge in [-0.05, 0) is 36.8 Å². The number of imidazole rings is 1. The molecular formula is C36H42N8O8. The molecule has 1 fully saturated rings. The fourth-order valence-electron chi connectivity index (χ4n) is 6.34. The average molecular weight is 715 g/mol. The van der Waals surface area contributed by atoms with Gasteiger partial charge in [-0.15, -0.1) is 0 Å². The number of amides is 5. The molecule has 0 aliphatic carbocycles. The van der Waals surface area contributed by atoms with E-state index in [-0.39, 0.29) is 51.4 Å². The third-order valence-corrected chi connectivity index (χ3v) is 9.32. The van der Waals surface area contributed by atoms with Gasteiger partial charge in [-0.1, -0.05) is 30.3 Å². The van der Waals surface area contributed by atoms with Crippen LogP contribution in [0.25, 0.3) is 5.65 Å². The van der Waals surface area contributed by atoms with Crippen LogP contribution in [0.2, 0.25) is 0 Å². The highest BCUT2D eigenvalue weighted by atomic mass is 16.5. The first kappa shape index (κ1) is 35.9. The number of nitrogens with zero attached hydrogens (tertiary/aromatic N) is 4. The smallest absolute Gasteiger partial charge is 0.265 e. The van der Waals surface area contributed by atoms with Crippen molar-refractivity contribution in [2.45, 2.75) is 49.9 Å². The van der Waals surface area contributed by atoms with Crippen LogP contribution in [-0.2, 0) is 32.6 Å². The number of carbonyl (C=O) groups excluding carboxylic acids is 5. The van der Waals surface area contributed by atoms with Crippen LogP contribution in [0, 0.1) is 0 Å². The zero-order valence-corrected chi connectivity index (χ0v) is 28.9. The number of likely N-dealkylation sites (tertiary alicyclic amines) is 1. The summed E-state index contributed by atoms with van der Waals surface area (Å²) in [4.78, 5) is 69.3. The predicted molar refractivity (Wildman–Crippen MR) is 186 cm³/mol. The van der Waals surface area contributed by atoms with E-state index in [0.717, 1.165) is 5.56 Å². The van der Waals surface area contributed by atoms with E-state index in [2.05, 4.69) is 26.4 Å². The van der Waals surface area contributed by atoms with Crippen molar-refractivity contribution < 1.29 is 38.6 Å². The number of nitrogens with one attached hydrogen (secondary N) is 4. The lowest BCUT2D eigenvalue weighted by Crippen LogP contribution is -2.62. The second-order valence-corrected chi connectivity index (χ2v) is 12.9. The van der Waals surface area contributed by atoms with Gasteiger partial charge in [0.1, 0.15) is 47.4 Å². The highest BCUT2D eigenvalue weighted by Crippen LogP contribution is 2.32. The molecule has 4 aromatic rings. The lowest BCUT2D eigenvalue weighted by molar-refractivity contribution is -0.144. The highest BCUT2D eigenvalue weighted by molar-refractivity contribution is 6.00. The van der Waals surface area contributed by atoms with Crippen molar-refractivity contribution in [1.82, 2.24) is 40.3 Å². The Morgan fingerprint density at radius 3 is 2.31 bits per heavy atom. The number of hydrogen-bond acceptors (Lipinski definition) is 9. The molecule has 5 amide bonds. The Hall–Kier alpha value is -5.90. The van der Waals surface area contributed by atoms with Crippen LogP contribution in [0.3, 0.4) is 0 Å². The van der Waals surface area contributed by atoms with Gasteiger partial charge in [-0.3, -0.25) is 24.0 Å². The number of aliphatic hydroxyl groups excluding tert-OH is 1. The summed E-state index contributed by atoms with van der Waals surface area (Å²) in [7, 11) is 1.83. The van der Waals surface area contributed by atoms with Gasteiger partial charge >= 0.3 is 0 Å². The molecule has 3 atom stereocenters. The molecular weight excluding hydrogens is 672 g/mol. The molecule has 1 spiro atoms. The number of benzene rings is 2. The summed E-state index contributed by atoms with van der Waals surface area (Å²) in [5, 5.41) is 25.0. The van der Waals surface area contributed by atoms with E-state index < -0.39 is 54.0 Å². The van der Waals surface area contributed by atoms with E-state index in [1.165, 1.54) is 13.1 Å². The zero-order chi connectivity index (χ0) is 36.8. The van der Waals surface area contributed by atoms with Crippen LogP contribution in [0.4, 0.5) is 0 Å². The molecule has 3 aliphatic heterocycles. The Kier molecular flexibility index (Phi) is 10.7. The van der Waals surface area contributed by atoms with Crippen LogP contribution in [0.5, 0.6) is 11.5 Å². The molecule has 0 unspecified atom stereocenters. The molecule has 16 nitrogen and oxygen atoms in total. The lowest BCUT2D eigenvalue weighted by atomic mass is 9.88. The molecule has 16 heteroatoms. The quantitative estimate of drug-likeness (QED) is 0.180. The summed E-state index contributed by atoms with van der Waals surface area (Å²) < 4.78 is 15.7. The van der Waals surface area contributed by atoms with Crippen molar-refractivity contribution in [2.75, 3.05) is 32.8 Å². The molecule has 2 aromatic heterocycles. The molecule has 0 saturated carbocycles. The van der Waals surface area contributed by atoms with E-state index >= 15 is 0 Å². The Labute approximate surface area is 299 Å². The SMILES string of the molecule is C[C@@H]1NC(=O)[C@H](CO)NC(=O)[C@@H](Cc2ccccc2)NC(=O)C2(CCN(C(=O)c3cnn4ccn(C)c34)CC2)Oc2ccc(cc2)OCCNC1=O. The number of rotatable bonds is 4. The van der Waals surface area contributed by atoms with E-state index in [9.17, 15) is 29.1 Å². The molecule has 2 bridgehead atoms. The summed E-state index contributed by atoms with van der Waals surface area (Å²) in [6, 6.07) is 12.1. The largest absolute Gasteiger partial charge is 0.492 e. The summed E-state index contributed by atoms with van der Waals surface area (Å²) in [5.41, 5.74) is 0.302. The van der Waals surface area contributed by atoms with Crippen LogP contribution >= 0.6 is 0 Å². The number of aryl methyl sites for hydroxylation is 1. The number of ether oxygens (including phenoxy) is 2. The van der Waals surface area contributed by atoms with Crippen LogP contribution in [0.15, 0.2) is 73.2 Å². The van der Waals surface area contributed by atoms with Crippen molar-refractivity contribution in [3.8, 4) is 11.5 Å². The van der Waals surface area contributed by atoms with E-state index in [4.69, 9.17) is 9.47 Å². The molecule has 3 aliphatic rings. The zero-order valence-electron chi connectivity index (χ0n) is 28.9. The number of hydrogen-bond donors (Lipinski definition) is 5. The molecule has 0 radical (unpaired) electrons. The van der Waals surface area contributed by atoms with Crippen molar-refractivity contribution in [3.63, 3.8) is 0 Å². The second-order valence-electron chi connectivity index (χ2n) is 12.9. The van der Waals surface area contributed by atoms with Crippen LogP contribution in [-0.4, -0.2) is 110 Å². The molecule has 2 aromatic carbocycles. The van der Waals surface area contributed by atoms with E-state index in [1.54, 1.807) is 70.3 Å². The van der Waals surface area contributed by atoms with Gasteiger partial charge in [0.05, 0.1) is 19.3 Å². The minimum absolute atomic E-state index is 0.0536. The Balaban J connectivity index is 1.30. The van der Waals surface area contributed by atoms with Crippen LogP contribution in [0.1, 0.15) is 35.7 Å². The van der Waals surface area contributed by atoms with Gasteiger partial charge in [0.2, 0.25) is 17.7 Å². The van der Waals surface area contributed by atoms with Crippen LogP contribution < -0.4 is 30.7 Å². The number of fused-ring (bicyclic) bond motifs is 16. The minimum atomic E-state index is -1.50. The molecule has 274 valence electrons. The second kappa shape index (κ2) is 15.6. The fraction of sp³-hybridized carbons (Fsp3) is 0.389. The van der Waals surface area contributed by atoms with Crippen molar-refractivity contribution >= 4 is 35.2 Å². The Morgan fingerprint density at radius 1 is 0.904 bits per heavy atom. The van der Waals surface area contributed by atoms with Crippen molar-refractivity contribution in [3.05, 3.63) is 84.3 Å². The first-order chi connectivity index (χ1) is 25.1. The number of carbonyl (C=O) groups is 5. The predicted octanol–water partition coefficient (Wildman–Crippen LogP) is -0.0555. The van der Waals surface area contributed by atoms with Gasteiger partial charge < -0.3 is 45.3 Å². The molecule has 52 heavy (non-hydrogen) atoms. The first-order valence-corrected chi connectivity index (χ1v) is 17.1. The van der Waals surface area contributed by atoms with Gasteiger partial charge in [0.15, 0.2) is 5.60 Å². The van der Waals surface area contributed by atoms with Crippen molar-refractivity contribution in [2.24, 2.45) is 7.05 Å².